The quantitative estimate of drug-likeness (QED) is 0.867. The highest BCUT2D eigenvalue weighted by Gasteiger charge is 2.25. The van der Waals surface area contributed by atoms with Gasteiger partial charge in [0.05, 0.1) is 5.60 Å². The summed E-state index contributed by atoms with van der Waals surface area (Å²) in [5.74, 6) is 0. The average Bonchev–Trinajstić information content (AvgIpc) is 2.75. The number of hydrogen-bond acceptors (Lipinski definition) is 2. The highest BCUT2D eigenvalue weighted by Crippen LogP contribution is 2.32. The molecule has 0 saturated heterocycles. The zero-order valence-electron chi connectivity index (χ0n) is 10.3. The van der Waals surface area contributed by atoms with Crippen molar-refractivity contribution in [3.63, 3.8) is 0 Å². The van der Waals surface area contributed by atoms with Gasteiger partial charge >= 0.3 is 0 Å². The van der Waals surface area contributed by atoms with Crippen LogP contribution < -0.4 is 0 Å². The summed E-state index contributed by atoms with van der Waals surface area (Å²) >= 11 is 1.64. The number of benzene rings is 1. The minimum absolute atomic E-state index is 0.714. The SMILES string of the molecule is Cc1ccsc1C(C)(O)CCc1ccccc1. The first-order valence-corrected chi connectivity index (χ1v) is 6.78. The Bertz CT molecular complexity index is 471. The first kappa shape index (κ1) is 12.3. The number of rotatable bonds is 4. The van der Waals surface area contributed by atoms with Crippen molar-refractivity contribution < 1.29 is 5.11 Å². The average molecular weight is 246 g/mol. The zero-order valence-corrected chi connectivity index (χ0v) is 11.1. The molecule has 0 aliphatic rings. The number of hydrogen-bond donors (Lipinski definition) is 1. The Balaban J connectivity index is 2.06. The molecule has 0 spiro atoms. The molecule has 0 bridgehead atoms. The molecule has 0 amide bonds. The minimum Gasteiger partial charge on any atom is -0.385 e. The van der Waals surface area contributed by atoms with Crippen molar-refractivity contribution in [1.29, 1.82) is 0 Å². The lowest BCUT2D eigenvalue weighted by Gasteiger charge is -2.23. The molecule has 0 aliphatic heterocycles. The molecule has 17 heavy (non-hydrogen) atoms. The maximum atomic E-state index is 10.5. The molecule has 0 saturated carbocycles. The monoisotopic (exact) mass is 246 g/mol. The molecule has 1 N–H and O–H groups in total. The van der Waals surface area contributed by atoms with E-state index in [2.05, 4.69) is 25.1 Å². The van der Waals surface area contributed by atoms with Gasteiger partial charge in [-0.15, -0.1) is 11.3 Å². The van der Waals surface area contributed by atoms with E-state index in [1.807, 2.05) is 30.5 Å². The van der Waals surface area contributed by atoms with Gasteiger partial charge in [0.1, 0.15) is 0 Å². The van der Waals surface area contributed by atoms with Gasteiger partial charge in [-0.1, -0.05) is 30.3 Å². The standard InChI is InChI=1S/C15H18OS/c1-12-9-11-17-14(12)15(2,16)10-8-13-6-4-3-5-7-13/h3-7,9,11,16H,8,10H2,1-2H3. The fourth-order valence-electron chi connectivity index (χ4n) is 2.07. The van der Waals surface area contributed by atoms with Gasteiger partial charge in [-0.05, 0) is 49.3 Å². The van der Waals surface area contributed by atoms with Crippen molar-refractivity contribution >= 4 is 11.3 Å². The van der Waals surface area contributed by atoms with Gasteiger partial charge < -0.3 is 5.11 Å². The topological polar surface area (TPSA) is 20.2 Å². The maximum absolute atomic E-state index is 10.5. The first-order chi connectivity index (χ1) is 8.09. The van der Waals surface area contributed by atoms with E-state index in [0.29, 0.717) is 0 Å². The Kier molecular flexibility index (Phi) is 3.65. The molecule has 2 heteroatoms. The van der Waals surface area contributed by atoms with Crippen LogP contribution in [0, 0.1) is 6.92 Å². The number of aliphatic hydroxyl groups is 1. The van der Waals surface area contributed by atoms with Crippen LogP contribution in [0.3, 0.4) is 0 Å². The Hall–Kier alpha value is -1.12. The van der Waals surface area contributed by atoms with E-state index in [9.17, 15) is 5.11 Å². The van der Waals surface area contributed by atoms with E-state index >= 15 is 0 Å². The van der Waals surface area contributed by atoms with Crippen LogP contribution in [0.2, 0.25) is 0 Å². The molecular weight excluding hydrogens is 228 g/mol. The van der Waals surface area contributed by atoms with Crippen LogP contribution in [-0.4, -0.2) is 5.11 Å². The van der Waals surface area contributed by atoms with E-state index in [4.69, 9.17) is 0 Å². The van der Waals surface area contributed by atoms with Crippen LogP contribution >= 0.6 is 11.3 Å². The minimum atomic E-state index is -0.714. The fraction of sp³-hybridized carbons (Fsp3) is 0.333. The van der Waals surface area contributed by atoms with Gasteiger partial charge in [0.25, 0.3) is 0 Å². The second-order valence-corrected chi connectivity index (χ2v) is 5.61. The summed E-state index contributed by atoms with van der Waals surface area (Å²) < 4.78 is 0. The van der Waals surface area contributed by atoms with E-state index in [-0.39, 0.29) is 0 Å². The van der Waals surface area contributed by atoms with Gasteiger partial charge in [0, 0.05) is 4.88 Å². The van der Waals surface area contributed by atoms with Crippen LogP contribution in [0.1, 0.15) is 29.3 Å². The van der Waals surface area contributed by atoms with Gasteiger partial charge in [-0.3, -0.25) is 0 Å². The summed E-state index contributed by atoms with van der Waals surface area (Å²) in [5.41, 5.74) is 1.75. The lowest BCUT2D eigenvalue weighted by molar-refractivity contribution is 0.0513. The summed E-state index contributed by atoms with van der Waals surface area (Å²) in [6, 6.07) is 12.4. The van der Waals surface area contributed by atoms with Crippen molar-refractivity contribution in [1.82, 2.24) is 0 Å². The number of thiophene rings is 1. The predicted molar refractivity (Wildman–Crippen MR) is 73.4 cm³/mol. The van der Waals surface area contributed by atoms with Crippen LogP contribution in [0.4, 0.5) is 0 Å². The van der Waals surface area contributed by atoms with Gasteiger partial charge in [0.15, 0.2) is 0 Å². The van der Waals surface area contributed by atoms with E-state index in [1.165, 1.54) is 11.1 Å². The normalized spacial score (nSPS) is 14.5. The second-order valence-electron chi connectivity index (χ2n) is 4.69. The number of aryl methyl sites for hydroxylation is 2. The van der Waals surface area contributed by atoms with E-state index < -0.39 is 5.60 Å². The van der Waals surface area contributed by atoms with Crippen molar-refractivity contribution in [3.05, 3.63) is 57.8 Å². The molecule has 2 aromatic rings. The van der Waals surface area contributed by atoms with Crippen LogP contribution in [0.15, 0.2) is 41.8 Å². The largest absolute Gasteiger partial charge is 0.385 e. The second kappa shape index (κ2) is 5.03. The molecule has 1 aromatic heterocycles. The Labute approximate surface area is 107 Å². The molecule has 0 radical (unpaired) electrons. The summed E-state index contributed by atoms with van der Waals surface area (Å²) in [4.78, 5) is 1.09. The van der Waals surface area contributed by atoms with Gasteiger partial charge in [-0.2, -0.15) is 0 Å². The third-order valence-corrected chi connectivity index (χ3v) is 4.36. The molecule has 1 atom stereocenters. The van der Waals surface area contributed by atoms with Crippen molar-refractivity contribution in [2.45, 2.75) is 32.3 Å². The molecule has 0 fully saturated rings. The summed E-state index contributed by atoms with van der Waals surface area (Å²) in [6.07, 6.45) is 1.67. The molecule has 90 valence electrons. The molecule has 1 nitrogen and oxygen atoms in total. The van der Waals surface area contributed by atoms with Crippen molar-refractivity contribution in [3.8, 4) is 0 Å². The smallest absolute Gasteiger partial charge is 0.0965 e. The van der Waals surface area contributed by atoms with Crippen molar-refractivity contribution in [2.75, 3.05) is 0 Å². The molecule has 1 unspecified atom stereocenters. The Morgan fingerprint density at radius 2 is 1.88 bits per heavy atom. The zero-order chi connectivity index (χ0) is 12.3. The lowest BCUT2D eigenvalue weighted by atomic mass is 9.93. The van der Waals surface area contributed by atoms with E-state index in [0.717, 1.165) is 17.7 Å². The first-order valence-electron chi connectivity index (χ1n) is 5.90. The fourth-order valence-corrected chi connectivity index (χ4v) is 3.09. The van der Waals surface area contributed by atoms with Crippen LogP contribution in [0.5, 0.6) is 0 Å². The third-order valence-electron chi connectivity index (χ3n) is 3.09. The van der Waals surface area contributed by atoms with Gasteiger partial charge in [0.2, 0.25) is 0 Å². The molecule has 0 aliphatic carbocycles. The predicted octanol–water partition coefficient (Wildman–Crippen LogP) is 3.90. The summed E-state index contributed by atoms with van der Waals surface area (Å²) in [6.45, 7) is 3.97. The Morgan fingerprint density at radius 3 is 2.47 bits per heavy atom. The van der Waals surface area contributed by atoms with Crippen molar-refractivity contribution in [2.24, 2.45) is 0 Å². The van der Waals surface area contributed by atoms with Gasteiger partial charge in [-0.25, -0.2) is 0 Å². The molecule has 1 aromatic carbocycles. The lowest BCUT2D eigenvalue weighted by Crippen LogP contribution is -2.21. The highest BCUT2D eigenvalue weighted by molar-refractivity contribution is 7.10. The highest BCUT2D eigenvalue weighted by atomic mass is 32.1. The van der Waals surface area contributed by atoms with E-state index in [1.54, 1.807) is 11.3 Å². The third kappa shape index (κ3) is 2.96. The molecule has 2 rings (SSSR count). The van der Waals surface area contributed by atoms with Crippen LogP contribution in [0.25, 0.3) is 0 Å². The molecular formula is C15H18OS. The Morgan fingerprint density at radius 1 is 1.18 bits per heavy atom. The maximum Gasteiger partial charge on any atom is 0.0965 e. The summed E-state index contributed by atoms with van der Waals surface area (Å²) in [7, 11) is 0. The van der Waals surface area contributed by atoms with Crippen LogP contribution in [-0.2, 0) is 12.0 Å². The molecule has 1 heterocycles. The summed E-state index contributed by atoms with van der Waals surface area (Å²) in [5, 5.41) is 12.6.